The molecule has 0 aromatic heterocycles. The van der Waals surface area contributed by atoms with Crippen LogP contribution in [0.4, 0.5) is 4.39 Å². The number of piperazine rings is 1. The number of aromatic hydroxyl groups is 1. The van der Waals surface area contributed by atoms with Crippen LogP contribution in [0.25, 0.3) is 0 Å². The minimum absolute atomic E-state index is 0.134. The van der Waals surface area contributed by atoms with Gasteiger partial charge in [0.2, 0.25) is 0 Å². The van der Waals surface area contributed by atoms with Gasteiger partial charge < -0.3 is 15.3 Å². The third-order valence-corrected chi connectivity index (χ3v) is 3.50. The van der Waals surface area contributed by atoms with Crippen molar-refractivity contribution in [1.29, 1.82) is 0 Å². The summed E-state index contributed by atoms with van der Waals surface area (Å²) in [5.74, 6) is -1.16. The first kappa shape index (κ1) is 14.7. The number of phenolic OH excluding ortho intramolecular Hbond substituents is 1. The summed E-state index contributed by atoms with van der Waals surface area (Å²) in [6.45, 7) is 5.27. The van der Waals surface area contributed by atoms with Gasteiger partial charge in [-0.05, 0) is 12.1 Å². The van der Waals surface area contributed by atoms with E-state index >= 15 is 0 Å². The Morgan fingerprint density at radius 1 is 1.45 bits per heavy atom. The molecular weight excluding hydrogens is 261 g/mol. The molecule has 0 unspecified atom stereocenters. The number of benzene rings is 1. The molecule has 1 aliphatic rings. The monoisotopic (exact) mass is 281 g/mol. The number of carbonyl (C=O) groups excluding carboxylic acids is 1. The third-order valence-electron chi connectivity index (χ3n) is 3.50. The van der Waals surface area contributed by atoms with Crippen molar-refractivity contribution >= 4 is 5.91 Å². The van der Waals surface area contributed by atoms with Gasteiger partial charge in [0.1, 0.15) is 11.6 Å². The molecule has 110 valence electrons. The largest absolute Gasteiger partial charge is 0.507 e. The fourth-order valence-electron chi connectivity index (χ4n) is 2.22. The molecule has 0 bridgehead atoms. The Labute approximate surface area is 118 Å². The molecule has 20 heavy (non-hydrogen) atoms. The van der Waals surface area contributed by atoms with Crippen molar-refractivity contribution in [3.05, 3.63) is 29.6 Å². The Hall–Kier alpha value is -1.66. The van der Waals surface area contributed by atoms with E-state index in [2.05, 4.69) is 10.2 Å². The zero-order valence-electron chi connectivity index (χ0n) is 11.6. The van der Waals surface area contributed by atoms with Crippen molar-refractivity contribution in [2.45, 2.75) is 0 Å². The van der Waals surface area contributed by atoms with Gasteiger partial charge in [0.05, 0.1) is 5.56 Å². The molecule has 1 heterocycles. The minimum Gasteiger partial charge on any atom is -0.507 e. The van der Waals surface area contributed by atoms with Crippen LogP contribution in [0, 0.1) is 5.82 Å². The van der Waals surface area contributed by atoms with Gasteiger partial charge in [-0.1, -0.05) is 0 Å². The van der Waals surface area contributed by atoms with E-state index in [9.17, 15) is 14.3 Å². The molecule has 1 aromatic rings. The van der Waals surface area contributed by atoms with E-state index in [-0.39, 0.29) is 17.2 Å². The fraction of sp³-hybridized carbons (Fsp3) is 0.500. The van der Waals surface area contributed by atoms with Crippen LogP contribution in [-0.4, -0.2) is 67.1 Å². The van der Waals surface area contributed by atoms with Crippen LogP contribution in [0.15, 0.2) is 18.2 Å². The highest BCUT2D eigenvalue weighted by Gasteiger charge is 2.17. The normalized spacial score (nSPS) is 16.1. The maximum atomic E-state index is 12.9. The quantitative estimate of drug-likeness (QED) is 0.844. The third kappa shape index (κ3) is 3.68. The number of amides is 1. The van der Waals surface area contributed by atoms with Crippen LogP contribution in [0.5, 0.6) is 5.75 Å². The van der Waals surface area contributed by atoms with Crippen molar-refractivity contribution in [1.82, 2.24) is 15.1 Å². The summed E-state index contributed by atoms with van der Waals surface area (Å²) in [5.41, 5.74) is 0.134. The van der Waals surface area contributed by atoms with Crippen molar-refractivity contribution in [2.75, 3.05) is 46.3 Å². The first-order chi connectivity index (χ1) is 9.58. The van der Waals surface area contributed by atoms with E-state index in [1.54, 1.807) is 11.9 Å². The maximum absolute atomic E-state index is 12.9. The van der Waals surface area contributed by atoms with Crippen LogP contribution >= 0.6 is 0 Å². The zero-order chi connectivity index (χ0) is 14.5. The average Bonchev–Trinajstić information content (AvgIpc) is 2.45. The molecule has 1 aliphatic heterocycles. The van der Waals surface area contributed by atoms with Crippen molar-refractivity contribution in [2.24, 2.45) is 0 Å². The summed E-state index contributed by atoms with van der Waals surface area (Å²) in [5, 5.41) is 12.9. The summed E-state index contributed by atoms with van der Waals surface area (Å²) < 4.78 is 12.9. The lowest BCUT2D eigenvalue weighted by molar-refractivity contribution is 0.0772. The van der Waals surface area contributed by atoms with Gasteiger partial charge in [-0.25, -0.2) is 4.39 Å². The molecule has 2 N–H and O–H groups in total. The molecule has 1 saturated heterocycles. The predicted octanol–water partition coefficient (Wildman–Crippen LogP) is 0.508. The number of nitrogens with one attached hydrogen (secondary N) is 1. The fourth-order valence-corrected chi connectivity index (χ4v) is 2.22. The number of hydrogen-bond acceptors (Lipinski definition) is 4. The van der Waals surface area contributed by atoms with E-state index in [0.29, 0.717) is 6.54 Å². The van der Waals surface area contributed by atoms with Gasteiger partial charge in [-0.15, -0.1) is 0 Å². The number of rotatable bonds is 4. The molecule has 0 spiro atoms. The molecule has 1 fully saturated rings. The van der Waals surface area contributed by atoms with Crippen LogP contribution in [0.3, 0.4) is 0 Å². The van der Waals surface area contributed by atoms with E-state index in [1.165, 1.54) is 12.1 Å². The molecule has 6 heteroatoms. The highest BCUT2D eigenvalue weighted by molar-refractivity contribution is 5.96. The Kier molecular flexibility index (Phi) is 4.92. The van der Waals surface area contributed by atoms with Gasteiger partial charge in [0, 0.05) is 52.4 Å². The number of phenols is 1. The van der Waals surface area contributed by atoms with Crippen molar-refractivity contribution in [3.63, 3.8) is 0 Å². The van der Waals surface area contributed by atoms with Crippen molar-refractivity contribution < 1.29 is 14.3 Å². The average molecular weight is 281 g/mol. The SMILES string of the molecule is CN(CCN1CCNCC1)C(=O)c1ccc(F)cc1O. The zero-order valence-corrected chi connectivity index (χ0v) is 11.6. The minimum atomic E-state index is -0.553. The highest BCUT2D eigenvalue weighted by Crippen LogP contribution is 2.19. The van der Waals surface area contributed by atoms with Crippen LogP contribution < -0.4 is 5.32 Å². The first-order valence-electron chi connectivity index (χ1n) is 6.75. The lowest BCUT2D eigenvalue weighted by atomic mass is 10.1. The highest BCUT2D eigenvalue weighted by atomic mass is 19.1. The standard InChI is InChI=1S/C14H20FN3O2/c1-17(8-9-18-6-4-16-5-7-18)14(20)12-3-2-11(15)10-13(12)19/h2-3,10,16,19H,4-9H2,1H3. The summed E-state index contributed by atoms with van der Waals surface area (Å²) in [6, 6.07) is 3.45. The smallest absolute Gasteiger partial charge is 0.257 e. The molecule has 0 saturated carbocycles. The van der Waals surface area contributed by atoms with Crippen LogP contribution in [0.1, 0.15) is 10.4 Å². The van der Waals surface area contributed by atoms with E-state index < -0.39 is 5.82 Å². The molecule has 0 atom stereocenters. The maximum Gasteiger partial charge on any atom is 0.257 e. The lowest BCUT2D eigenvalue weighted by Crippen LogP contribution is -2.46. The Morgan fingerprint density at radius 2 is 2.15 bits per heavy atom. The number of carbonyl (C=O) groups is 1. The van der Waals surface area contributed by atoms with E-state index in [4.69, 9.17) is 0 Å². The Bertz CT molecular complexity index is 475. The molecule has 0 radical (unpaired) electrons. The summed E-state index contributed by atoms with van der Waals surface area (Å²) in [4.78, 5) is 16.0. The topological polar surface area (TPSA) is 55.8 Å². The van der Waals surface area contributed by atoms with E-state index in [1.807, 2.05) is 0 Å². The molecular formula is C14H20FN3O2. The Balaban J connectivity index is 1.90. The second-order valence-corrected chi connectivity index (χ2v) is 4.98. The summed E-state index contributed by atoms with van der Waals surface area (Å²) in [7, 11) is 1.69. The summed E-state index contributed by atoms with van der Waals surface area (Å²) >= 11 is 0. The van der Waals surface area contributed by atoms with Crippen LogP contribution in [-0.2, 0) is 0 Å². The van der Waals surface area contributed by atoms with Gasteiger partial charge in [-0.2, -0.15) is 0 Å². The predicted molar refractivity (Wildman–Crippen MR) is 74.3 cm³/mol. The summed E-state index contributed by atoms with van der Waals surface area (Å²) in [6.07, 6.45) is 0. The second kappa shape index (κ2) is 6.67. The number of likely N-dealkylation sites (N-methyl/N-ethyl adjacent to an activating group) is 1. The van der Waals surface area contributed by atoms with Gasteiger partial charge >= 0.3 is 0 Å². The second-order valence-electron chi connectivity index (χ2n) is 4.98. The first-order valence-corrected chi connectivity index (χ1v) is 6.75. The number of halogens is 1. The molecule has 0 aliphatic carbocycles. The molecule has 1 aromatic carbocycles. The lowest BCUT2D eigenvalue weighted by Gasteiger charge is -2.29. The molecule has 1 amide bonds. The Morgan fingerprint density at radius 3 is 2.80 bits per heavy atom. The molecule has 5 nitrogen and oxygen atoms in total. The van der Waals surface area contributed by atoms with Gasteiger partial charge in [-0.3, -0.25) is 9.69 Å². The van der Waals surface area contributed by atoms with Crippen molar-refractivity contribution in [3.8, 4) is 5.75 Å². The molecule has 2 rings (SSSR count). The van der Waals surface area contributed by atoms with Gasteiger partial charge in [0.25, 0.3) is 5.91 Å². The van der Waals surface area contributed by atoms with E-state index in [0.717, 1.165) is 38.8 Å². The number of hydrogen-bond donors (Lipinski definition) is 2. The van der Waals surface area contributed by atoms with Crippen LogP contribution in [0.2, 0.25) is 0 Å². The number of nitrogens with zero attached hydrogens (tertiary/aromatic N) is 2. The van der Waals surface area contributed by atoms with Gasteiger partial charge in [0.15, 0.2) is 0 Å².